The first kappa shape index (κ1) is 15.7. The van der Waals surface area contributed by atoms with Crippen molar-refractivity contribution in [3.63, 3.8) is 0 Å². The number of nitriles is 1. The van der Waals surface area contributed by atoms with E-state index in [1.807, 2.05) is 0 Å². The van der Waals surface area contributed by atoms with Crippen molar-refractivity contribution in [3.8, 4) is 6.07 Å². The zero-order valence-corrected chi connectivity index (χ0v) is 14.4. The average molecular weight is 360 g/mol. The lowest BCUT2D eigenvalue weighted by atomic mass is 9.83. The van der Waals surface area contributed by atoms with Gasteiger partial charge in [0.05, 0.1) is 6.07 Å². The summed E-state index contributed by atoms with van der Waals surface area (Å²) in [6, 6.07) is 7.66. The van der Waals surface area contributed by atoms with Crippen LogP contribution in [0, 0.1) is 22.7 Å². The van der Waals surface area contributed by atoms with Crippen LogP contribution in [0.25, 0.3) is 5.65 Å². The number of fused-ring (bicyclic) bond motifs is 1. The van der Waals surface area contributed by atoms with E-state index in [9.17, 15) is 10.1 Å². The summed E-state index contributed by atoms with van der Waals surface area (Å²) in [6.07, 6.45) is 7.35. The first-order valence-electron chi connectivity index (χ1n) is 8.81. The Morgan fingerprint density at radius 2 is 2.07 bits per heavy atom. The molecule has 4 heterocycles. The van der Waals surface area contributed by atoms with Gasteiger partial charge in [-0.25, -0.2) is 9.97 Å². The molecule has 1 aliphatic carbocycles. The van der Waals surface area contributed by atoms with Crippen molar-refractivity contribution >= 4 is 28.9 Å². The van der Waals surface area contributed by atoms with Crippen molar-refractivity contribution < 1.29 is 4.79 Å². The Morgan fingerprint density at radius 1 is 1.22 bits per heavy atom. The maximum absolute atomic E-state index is 13.0. The predicted octanol–water partition coefficient (Wildman–Crippen LogP) is 1.92. The first-order valence-corrected chi connectivity index (χ1v) is 8.81. The summed E-state index contributed by atoms with van der Waals surface area (Å²) in [6.45, 7) is 0.552. The largest absolute Gasteiger partial charge is 0.325 e. The molecule has 0 radical (unpaired) electrons. The molecular formula is C18H16N8O. The van der Waals surface area contributed by atoms with Gasteiger partial charge in [0.1, 0.15) is 29.7 Å². The maximum atomic E-state index is 13.0. The molecule has 27 heavy (non-hydrogen) atoms. The molecule has 0 spiro atoms. The molecule has 0 aromatic carbocycles. The number of carbonyl (C=O) groups is 1. The number of hydrogen-bond donors (Lipinski definition) is 1. The minimum atomic E-state index is -0.850. The summed E-state index contributed by atoms with van der Waals surface area (Å²) < 4.78 is 1.71. The molecule has 2 aliphatic rings. The fraction of sp³-hybridized carbons (Fsp3) is 0.333. The molecule has 3 aromatic rings. The standard InChI is InChI=1S/C18H16N8O/c19-9-18(12-1-2-12)4-6-26(17(18)27)13-3-5-20-14(7-13)23-15-8-16-24-22-11-25(16)10-21-15/h3,5,7-8,10-12H,1-2,4,6H2,(H,20,23)/t18-/m1/s1. The molecule has 1 aliphatic heterocycles. The van der Waals surface area contributed by atoms with Crippen LogP contribution in [0.5, 0.6) is 0 Å². The van der Waals surface area contributed by atoms with E-state index >= 15 is 0 Å². The van der Waals surface area contributed by atoms with Crippen LogP contribution in [-0.2, 0) is 4.79 Å². The third-order valence-electron chi connectivity index (χ3n) is 5.33. The Bertz CT molecular complexity index is 1080. The molecule has 1 amide bonds. The highest BCUT2D eigenvalue weighted by molar-refractivity contribution is 6.02. The maximum Gasteiger partial charge on any atom is 0.247 e. The average Bonchev–Trinajstić information content (AvgIpc) is 3.34. The molecule has 0 unspecified atom stereocenters. The van der Waals surface area contributed by atoms with Gasteiger partial charge in [-0.1, -0.05) is 0 Å². The van der Waals surface area contributed by atoms with E-state index in [0.717, 1.165) is 18.5 Å². The van der Waals surface area contributed by atoms with Gasteiger partial charge in [0.2, 0.25) is 5.91 Å². The summed E-state index contributed by atoms with van der Waals surface area (Å²) in [5, 5.41) is 20.6. The van der Waals surface area contributed by atoms with Crippen LogP contribution in [0.15, 0.2) is 37.1 Å². The molecule has 134 valence electrons. The molecule has 5 rings (SSSR count). The first-order chi connectivity index (χ1) is 13.2. The summed E-state index contributed by atoms with van der Waals surface area (Å²) in [4.78, 5) is 23.3. The van der Waals surface area contributed by atoms with E-state index in [1.165, 1.54) is 0 Å². The number of pyridine rings is 1. The molecule has 1 atom stereocenters. The van der Waals surface area contributed by atoms with Crippen molar-refractivity contribution in [2.75, 3.05) is 16.8 Å². The lowest BCUT2D eigenvalue weighted by Gasteiger charge is -2.21. The van der Waals surface area contributed by atoms with Gasteiger partial charge in [0, 0.05) is 30.6 Å². The third kappa shape index (κ3) is 2.49. The van der Waals surface area contributed by atoms with Crippen LogP contribution in [0.1, 0.15) is 19.3 Å². The van der Waals surface area contributed by atoms with Crippen LogP contribution < -0.4 is 10.2 Å². The number of rotatable bonds is 4. The fourth-order valence-corrected chi connectivity index (χ4v) is 3.72. The number of hydrogen-bond acceptors (Lipinski definition) is 7. The number of amides is 1. The molecule has 0 bridgehead atoms. The Balaban J connectivity index is 1.41. The monoisotopic (exact) mass is 360 g/mol. The van der Waals surface area contributed by atoms with E-state index in [2.05, 4.69) is 31.6 Å². The molecular weight excluding hydrogens is 344 g/mol. The Morgan fingerprint density at radius 3 is 2.89 bits per heavy atom. The van der Waals surface area contributed by atoms with E-state index in [-0.39, 0.29) is 11.8 Å². The van der Waals surface area contributed by atoms with Crippen molar-refractivity contribution in [1.82, 2.24) is 24.6 Å². The van der Waals surface area contributed by atoms with Crippen LogP contribution in [0.4, 0.5) is 17.3 Å². The Kier molecular flexibility index (Phi) is 3.33. The molecule has 3 aromatic heterocycles. The van der Waals surface area contributed by atoms with E-state index in [4.69, 9.17) is 0 Å². The Hall–Kier alpha value is -3.54. The normalized spacial score (nSPS) is 22.2. The highest BCUT2D eigenvalue weighted by Gasteiger charge is 2.56. The van der Waals surface area contributed by atoms with Crippen molar-refractivity contribution in [2.45, 2.75) is 19.3 Å². The number of nitrogens with one attached hydrogen (secondary N) is 1. The SMILES string of the molecule is N#C[C@@]1(C2CC2)CCN(c2ccnc(Nc3cc4nncn4cn3)c2)C1=O. The van der Waals surface area contributed by atoms with Gasteiger partial charge < -0.3 is 10.2 Å². The minimum Gasteiger partial charge on any atom is -0.325 e. The van der Waals surface area contributed by atoms with Crippen LogP contribution in [0.3, 0.4) is 0 Å². The van der Waals surface area contributed by atoms with Gasteiger partial charge in [-0.05, 0) is 31.2 Å². The van der Waals surface area contributed by atoms with Gasteiger partial charge in [-0.2, -0.15) is 5.26 Å². The number of carbonyl (C=O) groups excluding carboxylic acids is 1. The second-order valence-corrected chi connectivity index (χ2v) is 6.96. The highest BCUT2D eigenvalue weighted by Crippen LogP contribution is 2.51. The number of anilines is 3. The van der Waals surface area contributed by atoms with Crippen LogP contribution in [-0.4, -0.2) is 37.0 Å². The quantitative estimate of drug-likeness (QED) is 0.756. The van der Waals surface area contributed by atoms with Gasteiger partial charge in [0.25, 0.3) is 0 Å². The summed E-state index contributed by atoms with van der Waals surface area (Å²) >= 11 is 0. The fourth-order valence-electron chi connectivity index (χ4n) is 3.72. The van der Waals surface area contributed by atoms with Gasteiger partial charge in [-0.15, -0.1) is 10.2 Å². The zero-order valence-electron chi connectivity index (χ0n) is 14.4. The summed E-state index contributed by atoms with van der Waals surface area (Å²) in [5.74, 6) is 1.26. The number of aromatic nitrogens is 5. The topological polar surface area (TPSA) is 112 Å². The van der Waals surface area contributed by atoms with Crippen LogP contribution >= 0.6 is 0 Å². The number of nitrogens with zero attached hydrogens (tertiary/aromatic N) is 7. The molecule has 9 nitrogen and oxygen atoms in total. The molecule has 1 saturated heterocycles. The molecule has 1 N–H and O–H groups in total. The summed E-state index contributed by atoms with van der Waals surface area (Å²) in [7, 11) is 0. The minimum absolute atomic E-state index is 0.0901. The van der Waals surface area contributed by atoms with Gasteiger partial charge in [-0.3, -0.25) is 9.20 Å². The second-order valence-electron chi connectivity index (χ2n) is 6.96. The molecule has 2 fully saturated rings. The van der Waals surface area contributed by atoms with Gasteiger partial charge >= 0.3 is 0 Å². The zero-order chi connectivity index (χ0) is 18.4. The predicted molar refractivity (Wildman–Crippen MR) is 96.0 cm³/mol. The van der Waals surface area contributed by atoms with E-state index in [1.54, 1.807) is 46.4 Å². The Labute approximate surface area is 154 Å². The smallest absolute Gasteiger partial charge is 0.247 e. The van der Waals surface area contributed by atoms with Crippen LogP contribution in [0.2, 0.25) is 0 Å². The second kappa shape index (κ2) is 5.74. The van der Waals surface area contributed by atoms with E-state index < -0.39 is 5.41 Å². The molecule has 9 heteroatoms. The highest BCUT2D eigenvalue weighted by atomic mass is 16.2. The van der Waals surface area contributed by atoms with Crippen molar-refractivity contribution in [2.24, 2.45) is 11.3 Å². The van der Waals surface area contributed by atoms with Gasteiger partial charge in [0.15, 0.2) is 5.65 Å². The third-order valence-corrected chi connectivity index (χ3v) is 5.33. The summed E-state index contributed by atoms with van der Waals surface area (Å²) in [5.41, 5.74) is 0.553. The lowest BCUT2D eigenvalue weighted by molar-refractivity contribution is -0.123. The molecule has 1 saturated carbocycles. The van der Waals surface area contributed by atoms with Crippen molar-refractivity contribution in [1.29, 1.82) is 5.26 Å². The van der Waals surface area contributed by atoms with E-state index in [0.29, 0.717) is 30.2 Å². The lowest BCUT2D eigenvalue weighted by Crippen LogP contribution is -2.35. The van der Waals surface area contributed by atoms with Crippen molar-refractivity contribution in [3.05, 3.63) is 37.1 Å².